The van der Waals surface area contributed by atoms with Crippen LogP contribution in [0.4, 0.5) is 0 Å². The van der Waals surface area contributed by atoms with E-state index in [9.17, 15) is 0 Å². The molecule has 0 bridgehead atoms. The summed E-state index contributed by atoms with van der Waals surface area (Å²) < 4.78 is 0. The molecule has 0 saturated carbocycles. The molecule has 0 aromatic carbocycles. The van der Waals surface area contributed by atoms with E-state index in [2.05, 4.69) is 36.5 Å². The lowest BCUT2D eigenvalue weighted by atomic mass is 10.0. The van der Waals surface area contributed by atoms with Crippen molar-refractivity contribution in [1.82, 2.24) is 0 Å². The maximum absolute atomic E-state index is 2.24. The van der Waals surface area contributed by atoms with Gasteiger partial charge < -0.3 is 0 Å². The van der Waals surface area contributed by atoms with Crippen LogP contribution in [0.15, 0.2) is 47.6 Å². The molecule has 0 spiro atoms. The molecule has 0 nitrogen and oxygen atoms in total. The largest absolute Gasteiger partial charge is 0.0804 e. The van der Waals surface area contributed by atoms with Crippen molar-refractivity contribution in [2.75, 3.05) is 0 Å². The Morgan fingerprint density at radius 1 is 0.909 bits per heavy atom. The van der Waals surface area contributed by atoms with Crippen LogP contribution in [0.3, 0.4) is 0 Å². The van der Waals surface area contributed by atoms with Gasteiger partial charge in [-0.05, 0) is 19.3 Å². The molecule has 0 aromatic heterocycles. The molecule has 2 rings (SSSR count). The van der Waals surface area contributed by atoms with E-state index in [0.29, 0.717) is 0 Å². The topological polar surface area (TPSA) is 0 Å². The van der Waals surface area contributed by atoms with Gasteiger partial charge in [0.15, 0.2) is 0 Å². The summed E-state index contributed by atoms with van der Waals surface area (Å²) in [5, 5.41) is 0. The van der Waals surface area contributed by atoms with Crippen molar-refractivity contribution < 1.29 is 0 Å². The first-order valence-corrected chi connectivity index (χ1v) is 4.14. The minimum atomic E-state index is 1.16. The molecule has 0 atom stereocenters. The molecule has 11 heavy (non-hydrogen) atoms. The van der Waals surface area contributed by atoms with Crippen LogP contribution in [-0.4, -0.2) is 0 Å². The van der Waals surface area contributed by atoms with E-state index in [-0.39, 0.29) is 0 Å². The van der Waals surface area contributed by atoms with E-state index in [0.717, 1.165) is 12.8 Å². The Balaban J connectivity index is 1.91. The summed E-state index contributed by atoms with van der Waals surface area (Å²) in [5.41, 5.74) is 3.11. The zero-order valence-corrected chi connectivity index (χ0v) is 6.59. The van der Waals surface area contributed by atoms with E-state index in [1.54, 1.807) is 11.1 Å². The van der Waals surface area contributed by atoms with Crippen molar-refractivity contribution in [3.8, 4) is 0 Å². The zero-order chi connectivity index (χ0) is 7.52. The maximum atomic E-state index is 2.24. The first-order valence-electron chi connectivity index (χ1n) is 4.14. The second-order valence-corrected chi connectivity index (χ2v) is 3.09. The van der Waals surface area contributed by atoms with Crippen molar-refractivity contribution in [3.05, 3.63) is 47.6 Å². The van der Waals surface area contributed by atoms with Crippen LogP contribution in [-0.2, 0) is 0 Å². The van der Waals surface area contributed by atoms with Gasteiger partial charge in [-0.15, -0.1) is 0 Å². The van der Waals surface area contributed by atoms with Crippen LogP contribution < -0.4 is 0 Å². The lowest BCUT2D eigenvalue weighted by Gasteiger charge is -2.01. The zero-order valence-electron chi connectivity index (χ0n) is 6.59. The Bertz CT molecular complexity index is 234. The average Bonchev–Trinajstić information content (AvgIpc) is 2.60. The molecule has 0 saturated heterocycles. The summed E-state index contributed by atoms with van der Waals surface area (Å²) in [5.74, 6) is 0. The van der Waals surface area contributed by atoms with Crippen molar-refractivity contribution >= 4 is 0 Å². The normalized spacial score (nSPS) is 20.7. The average molecular weight is 144 g/mol. The Morgan fingerprint density at radius 3 is 1.82 bits per heavy atom. The molecule has 2 aliphatic carbocycles. The van der Waals surface area contributed by atoms with Crippen molar-refractivity contribution in [1.29, 1.82) is 0 Å². The molecule has 0 amide bonds. The number of rotatable bonds is 2. The molecule has 0 heterocycles. The third kappa shape index (κ3) is 1.51. The summed E-state index contributed by atoms with van der Waals surface area (Å²) in [6.45, 7) is 0. The fraction of sp³-hybridized carbons (Fsp3) is 0.273. The van der Waals surface area contributed by atoms with E-state index < -0.39 is 0 Å². The summed E-state index contributed by atoms with van der Waals surface area (Å²) >= 11 is 0. The smallest absolute Gasteiger partial charge is 0.00960 e. The first-order chi connectivity index (χ1) is 5.45. The summed E-state index contributed by atoms with van der Waals surface area (Å²) in [6, 6.07) is 0. The van der Waals surface area contributed by atoms with Crippen molar-refractivity contribution in [2.45, 2.75) is 19.3 Å². The quantitative estimate of drug-likeness (QED) is 0.558. The molecule has 2 aliphatic rings. The van der Waals surface area contributed by atoms with Crippen molar-refractivity contribution in [3.63, 3.8) is 0 Å². The van der Waals surface area contributed by atoms with Crippen LogP contribution in [0.5, 0.6) is 0 Å². The van der Waals surface area contributed by atoms with Crippen LogP contribution in [0.25, 0.3) is 0 Å². The van der Waals surface area contributed by atoms with Gasteiger partial charge >= 0.3 is 0 Å². The van der Waals surface area contributed by atoms with Crippen LogP contribution in [0.1, 0.15) is 19.3 Å². The second kappa shape index (κ2) is 2.91. The lowest BCUT2D eigenvalue weighted by Crippen LogP contribution is -1.82. The number of hydrogen-bond donors (Lipinski definition) is 0. The van der Waals surface area contributed by atoms with Gasteiger partial charge in [-0.3, -0.25) is 0 Å². The highest BCUT2D eigenvalue weighted by Crippen LogP contribution is 2.23. The molecule has 0 heteroatoms. The standard InChI is InChI=1S/C11H12/c1-2-6-10(5-1)9-11-7-3-4-8-11/h1-5,7H,6,8-9H2. The lowest BCUT2D eigenvalue weighted by molar-refractivity contribution is 1.03. The Morgan fingerprint density at radius 2 is 1.45 bits per heavy atom. The molecule has 56 valence electrons. The van der Waals surface area contributed by atoms with Gasteiger partial charge in [0.2, 0.25) is 0 Å². The Hall–Kier alpha value is -1.04. The summed E-state index contributed by atoms with van der Waals surface area (Å²) in [7, 11) is 0. The maximum Gasteiger partial charge on any atom is -0.00960 e. The molecule has 0 aromatic rings. The SMILES string of the molecule is C1=CCC(CC2=CC=CC2)=C1. The minimum Gasteiger partial charge on any atom is -0.0804 e. The molecule has 0 aliphatic heterocycles. The van der Waals surface area contributed by atoms with E-state index >= 15 is 0 Å². The fourth-order valence-corrected chi connectivity index (χ4v) is 1.54. The minimum absolute atomic E-state index is 1.16. The Labute approximate surface area is 67.6 Å². The molecular formula is C11H12. The predicted octanol–water partition coefficient (Wildman–Crippen LogP) is 3.15. The van der Waals surface area contributed by atoms with Crippen LogP contribution >= 0.6 is 0 Å². The van der Waals surface area contributed by atoms with E-state index in [1.165, 1.54) is 6.42 Å². The highest BCUT2D eigenvalue weighted by Gasteiger charge is 2.04. The number of hydrogen-bond acceptors (Lipinski definition) is 0. The summed E-state index contributed by atoms with van der Waals surface area (Å²) in [6.07, 6.45) is 16.7. The predicted molar refractivity (Wildman–Crippen MR) is 48.3 cm³/mol. The molecule has 0 N–H and O–H groups in total. The van der Waals surface area contributed by atoms with Gasteiger partial charge in [-0.25, -0.2) is 0 Å². The van der Waals surface area contributed by atoms with Crippen LogP contribution in [0.2, 0.25) is 0 Å². The van der Waals surface area contributed by atoms with E-state index in [1.807, 2.05) is 0 Å². The second-order valence-electron chi connectivity index (χ2n) is 3.09. The van der Waals surface area contributed by atoms with Gasteiger partial charge in [0.05, 0.1) is 0 Å². The monoisotopic (exact) mass is 144 g/mol. The number of allylic oxidation sites excluding steroid dienone is 8. The van der Waals surface area contributed by atoms with Crippen molar-refractivity contribution in [2.24, 2.45) is 0 Å². The van der Waals surface area contributed by atoms with Gasteiger partial charge in [0.1, 0.15) is 0 Å². The molecule has 0 unspecified atom stereocenters. The third-order valence-corrected chi connectivity index (χ3v) is 2.15. The highest BCUT2D eigenvalue weighted by atomic mass is 14.1. The van der Waals surface area contributed by atoms with Gasteiger partial charge in [-0.1, -0.05) is 47.6 Å². The highest BCUT2D eigenvalue weighted by molar-refractivity contribution is 5.32. The van der Waals surface area contributed by atoms with E-state index in [4.69, 9.17) is 0 Å². The van der Waals surface area contributed by atoms with Gasteiger partial charge in [-0.2, -0.15) is 0 Å². The van der Waals surface area contributed by atoms with Crippen LogP contribution in [0, 0.1) is 0 Å². The van der Waals surface area contributed by atoms with Gasteiger partial charge in [0.25, 0.3) is 0 Å². The Kier molecular flexibility index (Phi) is 1.76. The molecule has 0 fully saturated rings. The first kappa shape index (κ1) is 6.66. The third-order valence-electron chi connectivity index (χ3n) is 2.15. The summed E-state index contributed by atoms with van der Waals surface area (Å²) in [4.78, 5) is 0. The molecule has 0 radical (unpaired) electrons. The fourth-order valence-electron chi connectivity index (χ4n) is 1.54. The van der Waals surface area contributed by atoms with Gasteiger partial charge in [0, 0.05) is 0 Å². The molecular weight excluding hydrogens is 132 g/mol.